The smallest absolute Gasteiger partial charge is 0.324 e. The van der Waals surface area contributed by atoms with Gasteiger partial charge in [-0.25, -0.2) is 9.97 Å². The summed E-state index contributed by atoms with van der Waals surface area (Å²) in [6, 6.07) is 15.7. The molecule has 0 aliphatic carbocycles. The average molecular weight is 1110 g/mol. The lowest BCUT2D eigenvalue weighted by atomic mass is 10.0. The number of nitrogens with two attached hydrogens (primary N) is 1. The highest BCUT2D eigenvalue weighted by atomic mass is 35.5. The molecular weight excluding hydrogens is 1030 g/mol. The number of unbranched alkanes of at least 4 members (excludes halogenated alkanes) is 6. The molecule has 79 heavy (non-hydrogen) atoms. The van der Waals surface area contributed by atoms with E-state index in [1.807, 2.05) is 54.9 Å². The van der Waals surface area contributed by atoms with Crippen LogP contribution < -0.4 is 35.8 Å². The van der Waals surface area contributed by atoms with Gasteiger partial charge in [-0.05, 0) is 151 Å². The normalized spacial score (nSPS) is 17.3. The van der Waals surface area contributed by atoms with Crippen LogP contribution in [0.1, 0.15) is 147 Å². The van der Waals surface area contributed by atoms with E-state index in [1.54, 1.807) is 6.33 Å². The molecule has 4 aliphatic heterocycles. The first-order valence-corrected chi connectivity index (χ1v) is 28.3. The van der Waals surface area contributed by atoms with Crippen molar-refractivity contribution in [3.63, 3.8) is 0 Å². The maximum atomic E-state index is 12.3. The second-order valence-electron chi connectivity index (χ2n) is 20.2. The van der Waals surface area contributed by atoms with Crippen LogP contribution in [0.2, 0.25) is 0 Å². The number of ether oxygens (including phenoxy) is 4. The van der Waals surface area contributed by atoms with E-state index in [0.717, 1.165) is 193 Å². The number of H-pyrrole nitrogens is 1. The van der Waals surface area contributed by atoms with Crippen molar-refractivity contribution in [2.75, 3.05) is 73.0 Å². The summed E-state index contributed by atoms with van der Waals surface area (Å²) in [6.45, 7) is 6.76. The van der Waals surface area contributed by atoms with E-state index in [1.165, 1.54) is 25.7 Å². The third kappa shape index (κ3) is 17.9. The number of nitroso groups, excluding NO2 is 1. The molecule has 0 saturated carbocycles. The van der Waals surface area contributed by atoms with Crippen LogP contribution in [-0.2, 0) is 23.9 Å². The Morgan fingerprint density at radius 3 is 1.77 bits per heavy atom. The van der Waals surface area contributed by atoms with Gasteiger partial charge in [0.25, 0.3) is 0 Å². The molecule has 4 fully saturated rings. The third-order valence-corrected chi connectivity index (χ3v) is 14.5. The summed E-state index contributed by atoms with van der Waals surface area (Å²) in [5, 5.41) is 6.71. The van der Waals surface area contributed by atoms with Gasteiger partial charge in [-0.2, -0.15) is 30.7 Å². The number of carbonyl (C=O) groups is 2. The Morgan fingerprint density at radius 1 is 0.633 bits per heavy atom. The number of ketones is 1. The number of hydrogen-bond donors (Lipinski definition) is 5. The van der Waals surface area contributed by atoms with E-state index in [-0.39, 0.29) is 36.5 Å². The fourth-order valence-electron chi connectivity index (χ4n) is 10.2. The van der Waals surface area contributed by atoms with Gasteiger partial charge in [-0.3, -0.25) is 14.2 Å². The molecular formula is C56H79ClN14O8. The van der Waals surface area contributed by atoms with Crippen LogP contribution >= 0.6 is 12.4 Å². The number of halogens is 1. The maximum Gasteiger partial charge on any atom is 0.324 e. The SMILES string of the molecule is Cl.N=O.NOC(=O)CCCCCCOc1ccc(Nc2nc(N3CCCCC3)c3[nH]cnc3n2)cc1.O=C(CCCCCCOc1ccc(Nc2nc(N3CCCCC3)c3ncn(C4CCCCO4)c3n2)cc1)C1CCCCO1. The van der Waals surface area contributed by atoms with Crippen molar-refractivity contribution in [3.05, 3.63) is 66.1 Å². The fourth-order valence-corrected chi connectivity index (χ4v) is 10.2. The number of aromatic nitrogens is 8. The van der Waals surface area contributed by atoms with Gasteiger partial charge in [-0.1, -0.05) is 31.3 Å². The molecule has 2 aromatic carbocycles. The molecule has 0 radical (unpaired) electrons. The fraction of sp³-hybridized carbons (Fsp3) is 0.571. The number of hydrogen-bond acceptors (Lipinski definition) is 20. The molecule has 6 N–H and O–H groups in total. The van der Waals surface area contributed by atoms with Gasteiger partial charge in [0.2, 0.25) is 11.9 Å². The molecule has 0 spiro atoms. The van der Waals surface area contributed by atoms with Crippen LogP contribution in [0.4, 0.5) is 34.9 Å². The standard InChI is InChI=1S/C33H46N6O4.C23H31N7O3.ClH.HNO/c40-27(28-13-5-10-22-42-28)12-4-1-2-9-21-41-26-17-15-25(16-18-26)35-33-36-31(38-19-7-3-8-20-38)30-32(37-33)39(24-34-30)29-14-6-11-23-43-29;24-33-19(31)8-4-1-2-7-15-32-18-11-9-17(10-12-18)27-23-28-21-20(25-16-26-21)22(29-23)30-13-5-3-6-14-30;;1-2/h15-18,24,28-29H,1-14,19-23H2,(H,35,36,37);9-12,16H,1-8,13-15,24H2,(H2,25,26,27,28,29);1H;1H. The van der Waals surface area contributed by atoms with E-state index in [9.17, 15) is 9.59 Å². The number of nitrogens with zero attached hydrogens (tertiary/aromatic N) is 9. The second kappa shape index (κ2) is 32.4. The lowest BCUT2D eigenvalue weighted by Crippen LogP contribution is -2.30. The number of carbonyl (C=O) groups excluding carboxylic acids is 2. The summed E-state index contributed by atoms with van der Waals surface area (Å²) < 4.78 is 25.6. The van der Waals surface area contributed by atoms with Crippen molar-refractivity contribution in [1.29, 1.82) is 5.59 Å². The predicted molar refractivity (Wildman–Crippen MR) is 307 cm³/mol. The van der Waals surface area contributed by atoms with Crippen molar-refractivity contribution in [2.45, 2.75) is 154 Å². The maximum absolute atomic E-state index is 12.3. The molecule has 8 heterocycles. The molecule has 4 aliphatic rings. The summed E-state index contributed by atoms with van der Waals surface area (Å²) >= 11 is 0. The lowest BCUT2D eigenvalue weighted by Gasteiger charge is -2.28. The Morgan fingerprint density at radius 2 is 1.19 bits per heavy atom. The topological polar surface area (TPSA) is 276 Å². The number of Topliss-reactive ketones (excluding diaryl/α,β-unsaturated/α-hetero) is 1. The highest BCUT2D eigenvalue weighted by Crippen LogP contribution is 2.33. The minimum atomic E-state index is -0.364. The summed E-state index contributed by atoms with van der Waals surface area (Å²) in [5.41, 5.74) is 9.49. The van der Waals surface area contributed by atoms with E-state index in [4.69, 9.17) is 49.7 Å². The molecule has 23 heteroatoms. The van der Waals surface area contributed by atoms with Crippen molar-refractivity contribution in [1.82, 2.24) is 39.5 Å². The number of piperidine rings is 2. The molecule has 22 nitrogen and oxygen atoms in total. The molecule has 2 atom stereocenters. The van der Waals surface area contributed by atoms with E-state index in [0.29, 0.717) is 43.6 Å². The number of imidazole rings is 2. The van der Waals surface area contributed by atoms with Crippen molar-refractivity contribution in [2.24, 2.45) is 5.90 Å². The van der Waals surface area contributed by atoms with Crippen LogP contribution in [0.15, 0.2) is 61.2 Å². The second-order valence-corrected chi connectivity index (χ2v) is 20.2. The molecule has 0 amide bonds. The Hall–Kier alpha value is -6.75. The van der Waals surface area contributed by atoms with Crippen molar-refractivity contribution in [3.8, 4) is 11.5 Å². The molecule has 4 aromatic heterocycles. The van der Waals surface area contributed by atoms with Crippen LogP contribution in [0, 0.1) is 10.5 Å². The van der Waals surface area contributed by atoms with Crippen LogP contribution in [0.3, 0.4) is 0 Å². The van der Waals surface area contributed by atoms with Crippen LogP contribution in [0.25, 0.3) is 22.3 Å². The first-order valence-electron chi connectivity index (χ1n) is 28.3. The molecule has 2 unspecified atom stereocenters. The zero-order chi connectivity index (χ0) is 54.2. The van der Waals surface area contributed by atoms with Gasteiger partial charge < -0.3 is 49.2 Å². The Labute approximate surface area is 468 Å². The average Bonchev–Trinajstić information content (AvgIpc) is 4.30. The van der Waals surface area contributed by atoms with Gasteiger partial charge >= 0.3 is 5.97 Å². The zero-order valence-corrected chi connectivity index (χ0v) is 46.2. The summed E-state index contributed by atoms with van der Waals surface area (Å²) in [5.74, 6) is 9.28. The lowest BCUT2D eigenvalue weighted by molar-refractivity contribution is -0.144. The van der Waals surface area contributed by atoms with Gasteiger partial charge in [0, 0.05) is 63.6 Å². The third-order valence-electron chi connectivity index (χ3n) is 14.5. The molecule has 10 rings (SSSR count). The van der Waals surface area contributed by atoms with Gasteiger partial charge in [0.05, 0.1) is 25.9 Å². The number of aromatic amines is 1. The highest BCUT2D eigenvalue weighted by Gasteiger charge is 2.25. The monoisotopic (exact) mass is 1110 g/mol. The number of nitrogens with one attached hydrogen (secondary N) is 4. The van der Waals surface area contributed by atoms with Crippen molar-refractivity contribution >= 4 is 81.4 Å². The van der Waals surface area contributed by atoms with Crippen LogP contribution in [-0.4, -0.2) is 110 Å². The number of anilines is 6. The van der Waals surface area contributed by atoms with Crippen LogP contribution in [0.5, 0.6) is 11.5 Å². The summed E-state index contributed by atoms with van der Waals surface area (Å²) in [4.78, 5) is 71.0. The van der Waals surface area contributed by atoms with Crippen molar-refractivity contribution < 1.29 is 33.4 Å². The quantitative estimate of drug-likeness (QED) is 0.0214. The Bertz CT molecular complexity index is 2740. The van der Waals surface area contributed by atoms with Gasteiger partial charge in [0.1, 0.15) is 29.3 Å². The summed E-state index contributed by atoms with van der Waals surface area (Å²) in [7, 11) is 0. The summed E-state index contributed by atoms with van der Waals surface area (Å²) in [6.07, 6.45) is 25.5. The Kier molecular flexibility index (Phi) is 24.5. The predicted octanol–water partition coefficient (Wildman–Crippen LogP) is 11.3. The minimum Gasteiger partial charge on any atom is -0.494 e. The number of fused-ring (bicyclic) bond motifs is 2. The number of benzene rings is 2. The molecule has 6 aromatic rings. The zero-order valence-electron chi connectivity index (χ0n) is 45.4. The first-order chi connectivity index (χ1) is 38.5. The first kappa shape index (κ1) is 59.9. The molecule has 0 bridgehead atoms. The number of rotatable bonds is 24. The van der Waals surface area contributed by atoms with E-state index >= 15 is 0 Å². The van der Waals surface area contributed by atoms with E-state index < -0.39 is 0 Å². The molecule has 4 saturated heterocycles. The molecule has 428 valence electrons. The van der Waals surface area contributed by atoms with Gasteiger partial charge in [-0.15, -0.1) is 12.4 Å². The van der Waals surface area contributed by atoms with Gasteiger partial charge in [0.15, 0.2) is 34.2 Å². The van der Waals surface area contributed by atoms with E-state index in [2.05, 4.69) is 50.4 Å². The Balaban J connectivity index is 0.000000226. The highest BCUT2D eigenvalue weighted by molar-refractivity contribution is 5.86. The minimum absolute atomic E-state index is 0. The largest absolute Gasteiger partial charge is 0.494 e.